The zero-order chi connectivity index (χ0) is 10.7. The van der Waals surface area contributed by atoms with Gasteiger partial charge in [0, 0.05) is 10.8 Å². The second-order valence-corrected chi connectivity index (χ2v) is 4.76. The van der Waals surface area contributed by atoms with Crippen LogP contribution < -0.4 is 4.74 Å². The maximum atomic E-state index is 11.5. The zero-order valence-corrected chi connectivity index (χ0v) is 9.55. The van der Waals surface area contributed by atoms with Gasteiger partial charge in [0.25, 0.3) is 0 Å². The molecule has 1 fully saturated rings. The van der Waals surface area contributed by atoms with Gasteiger partial charge in [-0.3, -0.25) is 4.79 Å². The minimum absolute atomic E-state index is 0.364. The summed E-state index contributed by atoms with van der Waals surface area (Å²) >= 11 is 1.60. The van der Waals surface area contributed by atoms with Crippen molar-refractivity contribution in [2.45, 2.75) is 17.7 Å². The molecule has 0 N–H and O–H groups in total. The highest BCUT2D eigenvalue weighted by Gasteiger charge is 2.28. The number of thioether (sulfide) groups is 1. The van der Waals surface area contributed by atoms with Gasteiger partial charge in [0.05, 0.1) is 12.9 Å². The lowest BCUT2D eigenvalue weighted by molar-refractivity contribution is -0.117. The number of Topliss-reactive ketones (excluding diaryl/α,β-unsaturated/α-hetero) is 1. The van der Waals surface area contributed by atoms with E-state index in [1.807, 2.05) is 24.3 Å². The summed E-state index contributed by atoms with van der Waals surface area (Å²) in [6, 6.07) is 7.83. The first-order valence-corrected chi connectivity index (χ1v) is 6.07. The summed E-state index contributed by atoms with van der Waals surface area (Å²) in [5, 5.41) is 0. The third-order valence-corrected chi connectivity index (χ3v) is 3.47. The smallest absolute Gasteiger partial charge is 0.146 e. The molecule has 0 aliphatic heterocycles. The summed E-state index contributed by atoms with van der Waals surface area (Å²) in [6.07, 6.45) is 2.19. The number of hydrogen-bond acceptors (Lipinski definition) is 3. The van der Waals surface area contributed by atoms with Crippen molar-refractivity contribution in [2.75, 3.05) is 12.9 Å². The van der Waals surface area contributed by atoms with E-state index in [4.69, 9.17) is 4.74 Å². The monoisotopic (exact) mass is 222 g/mol. The van der Waals surface area contributed by atoms with Crippen LogP contribution in [0.25, 0.3) is 0 Å². The third-order valence-electron chi connectivity index (χ3n) is 2.45. The van der Waals surface area contributed by atoms with Crippen LogP contribution in [-0.4, -0.2) is 18.6 Å². The van der Waals surface area contributed by atoms with Crippen LogP contribution >= 0.6 is 11.8 Å². The summed E-state index contributed by atoms with van der Waals surface area (Å²) in [7, 11) is 1.65. The highest BCUT2D eigenvalue weighted by atomic mass is 32.2. The molecule has 0 heterocycles. The quantitative estimate of drug-likeness (QED) is 0.717. The first-order chi connectivity index (χ1) is 7.29. The molecule has 0 bridgehead atoms. The molecule has 0 atom stereocenters. The standard InChI is InChI=1S/C12H14O2S/c1-14-10-3-2-4-11(7-10)15-8-12(13)9-5-6-9/h2-4,7,9H,5-6,8H2,1H3. The number of benzene rings is 1. The average molecular weight is 222 g/mol. The third kappa shape index (κ3) is 2.99. The average Bonchev–Trinajstić information content (AvgIpc) is 3.10. The number of methoxy groups -OCH3 is 1. The van der Waals surface area contributed by atoms with Gasteiger partial charge >= 0.3 is 0 Å². The van der Waals surface area contributed by atoms with Gasteiger partial charge in [-0.05, 0) is 31.0 Å². The number of hydrogen-bond donors (Lipinski definition) is 0. The molecule has 15 heavy (non-hydrogen) atoms. The van der Waals surface area contributed by atoms with Gasteiger partial charge in [-0.15, -0.1) is 11.8 Å². The fourth-order valence-corrected chi connectivity index (χ4v) is 2.29. The summed E-state index contributed by atoms with van der Waals surface area (Å²) in [4.78, 5) is 12.6. The molecule has 0 aromatic heterocycles. The Morgan fingerprint density at radius 1 is 1.53 bits per heavy atom. The van der Waals surface area contributed by atoms with Crippen molar-refractivity contribution in [1.29, 1.82) is 0 Å². The predicted molar refractivity (Wildman–Crippen MR) is 61.4 cm³/mol. The van der Waals surface area contributed by atoms with Crippen molar-refractivity contribution in [3.05, 3.63) is 24.3 Å². The van der Waals surface area contributed by atoms with Crippen molar-refractivity contribution in [3.8, 4) is 5.75 Å². The minimum Gasteiger partial charge on any atom is -0.497 e. The Bertz CT molecular complexity index is 358. The van der Waals surface area contributed by atoms with Gasteiger partial charge in [-0.1, -0.05) is 6.07 Å². The van der Waals surface area contributed by atoms with Crippen LogP contribution in [0, 0.1) is 5.92 Å². The second kappa shape index (κ2) is 4.71. The van der Waals surface area contributed by atoms with Crippen molar-refractivity contribution >= 4 is 17.5 Å². The lowest BCUT2D eigenvalue weighted by atomic mass is 10.3. The summed E-state index contributed by atoms with van der Waals surface area (Å²) in [5.74, 6) is 2.20. The molecule has 1 saturated carbocycles. The minimum atomic E-state index is 0.364. The second-order valence-electron chi connectivity index (χ2n) is 3.71. The van der Waals surface area contributed by atoms with Crippen LogP contribution in [0.15, 0.2) is 29.2 Å². The van der Waals surface area contributed by atoms with Gasteiger partial charge in [0.15, 0.2) is 0 Å². The molecule has 80 valence electrons. The van der Waals surface area contributed by atoms with Crippen LogP contribution in [0.2, 0.25) is 0 Å². The zero-order valence-electron chi connectivity index (χ0n) is 8.73. The van der Waals surface area contributed by atoms with Crippen molar-refractivity contribution in [1.82, 2.24) is 0 Å². The van der Waals surface area contributed by atoms with E-state index in [0.29, 0.717) is 17.5 Å². The van der Waals surface area contributed by atoms with E-state index in [-0.39, 0.29) is 0 Å². The van der Waals surface area contributed by atoms with Gasteiger partial charge in [0.1, 0.15) is 11.5 Å². The molecule has 1 aromatic rings. The Morgan fingerprint density at radius 2 is 2.33 bits per heavy atom. The molecule has 2 nitrogen and oxygen atoms in total. The molecule has 0 radical (unpaired) electrons. The van der Waals surface area contributed by atoms with Crippen molar-refractivity contribution < 1.29 is 9.53 Å². The summed E-state index contributed by atoms with van der Waals surface area (Å²) in [6.45, 7) is 0. The van der Waals surface area contributed by atoms with Gasteiger partial charge in [-0.2, -0.15) is 0 Å². The van der Waals surface area contributed by atoms with Crippen LogP contribution in [-0.2, 0) is 4.79 Å². The summed E-state index contributed by atoms with van der Waals surface area (Å²) < 4.78 is 5.12. The molecule has 1 aromatic carbocycles. The lowest BCUT2D eigenvalue weighted by Gasteiger charge is -2.03. The Morgan fingerprint density at radius 3 is 3.00 bits per heavy atom. The molecule has 2 rings (SSSR count). The van der Waals surface area contributed by atoms with Crippen LogP contribution in [0.4, 0.5) is 0 Å². The number of carbonyl (C=O) groups is 1. The van der Waals surface area contributed by atoms with E-state index >= 15 is 0 Å². The van der Waals surface area contributed by atoms with Gasteiger partial charge < -0.3 is 4.74 Å². The predicted octanol–water partition coefficient (Wildman–Crippen LogP) is 2.77. The van der Waals surface area contributed by atoms with Crippen LogP contribution in [0.5, 0.6) is 5.75 Å². The fraction of sp³-hybridized carbons (Fsp3) is 0.417. The Balaban J connectivity index is 1.89. The maximum absolute atomic E-state index is 11.5. The SMILES string of the molecule is COc1cccc(SCC(=O)C2CC2)c1. The molecule has 0 unspecified atom stereocenters. The lowest BCUT2D eigenvalue weighted by Crippen LogP contribution is -2.02. The fourth-order valence-electron chi connectivity index (χ4n) is 1.37. The summed E-state index contributed by atoms with van der Waals surface area (Å²) in [5.41, 5.74) is 0. The maximum Gasteiger partial charge on any atom is 0.146 e. The normalized spacial score (nSPS) is 15.0. The largest absolute Gasteiger partial charge is 0.497 e. The van der Waals surface area contributed by atoms with E-state index in [1.165, 1.54) is 0 Å². The molecule has 0 saturated heterocycles. The number of ether oxygens (including phenoxy) is 1. The molecule has 1 aliphatic carbocycles. The first kappa shape index (κ1) is 10.6. The molecular weight excluding hydrogens is 208 g/mol. The molecule has 1 aliphatic rings. The van der Waals surface area contributed by atoms with Gasteiger partial charge in [-0.25, -0.2) is 0 Å². The molecule has 0 amide bonds. The van der Waals surface area contributed by atoms with E-state index < -0.39 is 0 Å². The van der Waals surface area contributed by atoms with Gasteiger partial charge in [0.2, 0.25) is 0 Å². The number of rotatable bonds is 5. The highest BCUT2D eigenvalue weighted by molar-refractivity contribution is 8.00. The highest BCUT2D eigenvalue weighted by Crippen LogP contribution is 2.32. The molecular formula is C12H14O2S. The first-order valence-electron chi connectivity index (χ1n) is 5.09. The topological polar surface area (TPSA) is 26.3 Å². The Hall–Kier alpha value is -0.960. The van der Waals surface area contributed by atoms with E-state index in [1.54, 1.807) is 18.9 Å². The Kier molecular flexibility index (Phi) is 3.31. The van der Waals surface area contributed by atoms with Crippen molar-refractivity contribution in [3.63, 3.8) is 0 Å². The van der Waals surface area contributed by atoms with E-state index in [2.05, 4.69) is 0 Å². The molecule has 0 spiro atoms. The van der Waals surface area contributed by atoms with E-state index in [0.717, 1.165) is 23.5 Å². The van der Waals surface area contributed by atoms with E-state index in [9.17, 15) is 4.79 Å². The van der Waals surface area contributed by atoms with Crippen LogP contribution in [0.3, 0.4) is 0 Å². The number of ketones is 1. The van der Waals surface area contributed by atoms with Crippen LogP contribution in [0.1, 0.15) is 12.8 Å². The van der Waals surface area contributed by atoms with Crippen molar-refractivity contribution in [2.24, 2.45) is 5.92 Å². The molecule has 3 heteroatoms. The number of carbonyl (C=O) groups excluding carboxylic acids is 1. The Labute approximate surface area is 94.0 Å².